The molecule has 0 aromatic heterocycles. The van der Waals surface area contributed by atoms with Crippen LogP contribution in [-0.2, 0) is 21.2 Å². The average Bonchev–Trinajstić information content (AvgIpc) is 3.38. The number of fused-ring (bicyclic) bond motifs is 1. The zero-order valence-corrected chi connectivity index (χ0v) is 19.3. The molecule has 9 heteroatoms. The normalized spacial score (nSPS) is 29.1. The Bertz CT molecular complexity index is 923. The van der Waals surface area contributed by atoms with Gasteiger partial charge in [0.1, 0.15) is 11.9 Å². The van der Waals surface area contributed by atoms with Gasteiger partial charge < -0.3 is 10.6 Å². The monoisotopic (exact) mass is 452 g/mol. The van der Waals surface area contributed by atoms with Crippen LogP contribution < -0.4 is 10.6 Å². The van der Waals surface area contributed by atoms with Gasteiger partial charge in [-0.15, -0.1) is 0 Å². The molecule has 2 heterocycles. The summed E-state index contributed by atoms with van der Waals surface area (Å²) in [4.78, 5) is 15.3. The van der Waals surface area contributed by atoms with E-state index in [-0.39, 0.29) is 23.8 Å². The summed E-state index contributed by atoms with van der Waals surface area (Å²) < 4.78 is 39.3. The smallest absolute Gasteiger partial charge is 0.243 e. The molecule has 0 bridgehead atoms. The molecule has 2 N–H and O–H groups in total. The third kappa shape index (κ3) is 4.73. The van der Waals surface area contributed by atoms with Gasteiger partial charge in [0.2, 0.25) is 15.9 Å². The molecule has 1 unspecified atom stereocenters. The zero-order valence-electron chi connectivity index (χ0n) is 18.5. The molecular formula is C22H33FN4O3S. The first-order valence-corrected chi connectivity index (χ1v) is 13.0. The number of likely N-dealkylation sites (tertiary alicyclic amines) is 1. The second kappa shape index (κ2) is 8.67. The molecule has 1 aliphatic carbocycles. The molecule has 2 aliphatic heterocycles. The molecule has 4 rings (SSSR count). The molecule has 1 amide bonds. The van der Waals surface area contributed by atoms with Gasteiger partial charge in [0.25, 0.3) is 0 Å². The molecule has 1 aromatic carbocycles. The van der Waals surface area contributed by atoms with Crippen LogP contribution in [0.3, 0.4) is 0 Å². The maximum absolute atomic E-state index is 14.1. The summed E-state index contributed by atoms with van der Waals surface area (Å²) in [7, 11) is -1.53. The van der Waals surface area contributed by atoms with Crippen molar-refractivity contribution < 1.29 is 17.6 Å². The molecule has 172 valence electrons. The molecule has 1 aromatic rings. The van der Waals surface area contributed by atoms with E-state index in [1.807, 2.05) is 6.92 Å². The van der Waals surface area contributed by atoms with Crippen LogP contribution in [0.25, 0.3) is 0 Å². The summed E-state index contributed by atoms with van der Waals surface area (Å²) in [5, 5.41) is 6.40. The van der Waals surface area contributed by atoms with Gasteiger partial charge in [-0.3, -0.25) is 9.69 Å². The summed E-state index contributed by atoms with van der Waals surface area (Å²) in [5.41, 5.74) is 2.30. The number of sulfonamides is 1. The number of amides is 1. The van der Waals surface area contributed by atoms with Crippen molar-refractivity contribution in [2.75, 3.05) is 31.7 Å². The van der Waals surface area contributed by atoms with E-state index < -0.39 is 16.1 Å². The number of hydrogen-bond acceptors (Lipinski definition) is 5. The van der Waals surface area contributed by atoms with E-state index >= 15 is 0 Å². The van der Waals surface area contributed by atoms with Gasteiger partial charge in [-0.05, 0) is 50.7 Å². The predicted molar refractivity (Wildman–Crippen MR) is 119 cm³/mol. The van der Waals surface area contributed by atoms with E-state index in [9.17, 15) is 17.6 Å². The number of carbonyl (C=O) groups is 1. The summed E-state index contributed by atoms with van der Waals surface area (Å²) >= 11 is 0. The summed E-state index contributed by atoms with van der Waals surface area (Å²) in [5.74, 6) is -0.333. The Morgan fingerprint density at radius 3 is 2.77 bits per heavy atom. The SMILES string of the molecule is Cc1ccc(F)c2c1NC(C(=O)N[C@@H]1CCC[C@H](N3CC[C@H](N(C)S(C)(=O)=O)C3)C1)C2. The summed E-state index contributed by atoms with van der Waals surface area (Å²) in [6.07, 6.45) is 6.38. The maximum Gasteiger partial charge on any atom is 0.243 e. The first-order valence-electron chi connectivity index (χ1n) is 11.2. The Kier molecular flexibility index (Phi) is 6.29. The zero-order chi connectivity index (χ0) is 22.3. The fraction of sp³-hybridized carbons (Fsp3) is 0.682. The van der Waals surface area contributed by atoms with Crippen LogP contribution in [0.4, 0.5) is 10.1 Å². The van der Waals surface area contributed by atoms with Crippen LogP contribution in [0.5, 0.6) is 0 Å². The number of halogens is 1. The van der Waals surface area contributed by atoms with Gasteiger partial charge in [0.05, 0.1) is 6.26 Å². The minimum atomic E-state index is -3.19. The standard InChI is InChI=1S/C22H33FN4O3S/c1-14-7-8-19(23)18-12-20(25-21(14)18)22(28)24-15-5-4-6-16(11-15)27-10-9-17(13-27)26(2)31(3,29)30/h7-8,15-17,20,25H,4-6,9-13H2,1-3H3,(H,24,28)/t15-,16+,17+,20?/m1/s1. The first-order chi connectivity index (χ1) is 14.6. The predicted octanol–water partition coefficient (Wildman–Crippen LogP) is 1.86. The quantitative estimate of drug-likeness (QED) is 0.713. The molecule has 31 heavy (non-hydrogen) atoms. The minimum Gasteiger partial charge on any atom is -0.373 e. The highest BCUT2D eigenvalue weighted by Crippen LogP contribution is 2.32. The van der Waals surface area contributed by atoms with Crippen molar-refractivity contribution in [3.8, 4) is 0 Å². The van der Waals surface area contributed by atoms with E-state index in [0.717, 1.165) is 56.4 Å². The molecule has 4 atom stereocenters. The lowest BCUT2D eigenvalue weighted by molar-refractivity contribution is -0.122. The number of benzene rings is 1. The highest BCUT2D eigenvalue weighted by atomic mass is 32.2. The highest BCUT2D eigenvalue weighted by Gasteiger charge is 2.37. The van der Waals surface area contributed by atoms with Crippen LogP contribution in [0.15, 0.2) is 12.1 Å². The van der Waals surface area contributed by atoms with Gasteiger partial charge in [0.15, 0.2) is 0 Å². The number of rotatable bonds is 5. The number of hydrogen-bond donors (Lipinski definition) is 2. The van der Waals surface area contributed by atoms with Gasteiger partial charge in [-0.2, -0.15) is 0 Å². The number of carbonyl (C=O) groups excluding carboxylic acids is 1. The molecule has 7 nitrogen and oxygen atoms in total. The van der Waals surface area contributed by atoms with E-state index in [1.165, 1.54) is 16.6 Å². The van der Waals surface area contributed by atoms with Crippen molar-refractivity contribution in [3.63, 3.8) is 0 Å². The van der Waals surface area contributed by atoms with Crippen molar-refractivity contribution in [2.45, 2.75) is 69.6 Å². The van der Waals surface area contributed by atoms with Crippen molar-refractivity contribution in [2.24, 2.45) is 0 Å². The first kappa shape index (κ1) is 22.5. The lowest BCUT2D eigenvalue weighted by Gasteiger charge is -2.36. The number of aryl methyl sites for hydroxylation is 1. The Morgan fingerprint density at radius 1 is 1.29 bits per heavy atom. The van der Waals surface area contributed by atoms with Crippen molar-refractivity contribution in [1.82, 2.24) is 14.5 Å². The van der Waals surface area contributed by atoms with Crippen LogP contribution in [0, 0.1) is 12.7 Å². The van der Waals surface area contributed by atoms with E-state index in [0.29, 0.717) is 18.0 Å². The van der Waals surface area contributed by atoms with Crippen molar-refractivity contribution >= 4 is 21.6 Å². The van der Waals surface area contributed by atoms with Gasteiger partial charge in [-0.1, -0.05) is 6.07 Å². The second-order valence-electron chi connectivity index (χ2n) is 9.36. The Balaban J connectivity index is 1.32. The molecular weight excluding hydrogens is 419 g/mol. The van der Waals surface area contributed by atoms with Crippen molar-refractivity contribution in [3.05, 3.63) is 29.1 Å². The molecule has 1 saturated heterocycles. The molecule has 3 aliphatic rings. The largest absolute Gasteiger partial charge is 0.373 e. The number of likely N-dealkylation sites (N-methyl/N-ethyl adjacent to an activating group) is 1. The van der Waals surface area contributed by atoms with Gasteiger partial charge in [0, 0.05) is 55.9 Å². The number of anilines is 1. The lowest BCUT2D eigenvalue weighted by Crippen LogP contribution is -2.49. The highest BCUT2D eigenvalue weighted by molar-refractivity contribution is 7.88. The Morgan fingerprint density at radius 2 is 2.06 bits per heavy atom. The number of nitrogens with zero attached hydrogens (tertiary/aromatic N) is 2. The molecule has 0 spiro atoms. The van der Waals surface area contributed by atoms with Crippen LogP contribution >= 0.6 is 0 Å². The van der Waals surface area contributed by atoms with Gasteiger partial charge in [-0.25, -0.2) is 17.1 Å². The van der Waals surface area contributed by atoms with E-state index in [1.54, 1.807) is 13.1 Å². The molecule has 0 radical (unpaired) electrons. The maximum atomic E-state index is 14.1. The van der Waals surface area contributed by atoms with E-state index in [4.69, 9.17) is 0 Å². The van der Waals surface area contributed by atoms with Gasteiger partial charge >= 0.3 is 0 Å². The summed E-state index contributed by atoms with van der Waals surface area (Å²) in [6, 6.07) is 3.22. The average molecular weight is 453 g/mol. The fourth-order valence-corrected chi connectivity index (χ4v) is 6.04. The number of nitrogens with one attached hydrogen (secondary N) is 2. The van der Waals surface area contributed by atoms with Crippen LogP contribution in [0.1, 0.15) is 43.2 Å². The van der Waals surface area contributed by atoms with Crippen molar-refractivity contribution in [1.29, 1.82) is 0 Å². The fourth-order valence-electron chi connectivity index (χ4n) is 5.32. The molecule has 1 saturated carbocycles. The third-order valence-corrected chi connectivity index (χ3v) is 8.59. The van der Waals surface area contributed by atoms with E-state index in [2.05, 4.69) is 15.5 Å². The molecule has 2 fully saturated rings. The van der Waals surface area contributed by atoms with Crippen LogP contribution in [-0.4, -0.2) is 74.1 Å². The minimum absolute atomic E-state index is 0.0179. The lowest BCUT2D eigenvalue weighted by atomic mass is 9.90. The third-order valence-electron chi connectivity index (χ3n) is 7.25. The summed E-state index contributed by atoms with van der Waals surface area (Å²) in [6.45, 7) is 3.54. The topological polar surface area (TPSA) is 81.8 Å². The Labute approximate surface area is 184 Å². The van der Waals surface area contributed by atoms with Crippen LogP contribution in [0.2, 0.25) is 0 Å². The second-order valence-corrected chi connectivity index (χ2v) is 11.4. The Hall–Kier alpha value is -1.71.